The van der Waals surface area contributed by atoms with E-state index < -0.39 is 51.9 Å². The van der Waals surface area contributed by atoms with Gasteiger partial charge in [-0.3, -0.25) is 14.4 Å². The van der Waals surface area contributed by atoms with Gasteiger partial charge < -0.3 is 30.1 Å². The van der Waals surface area contributed by atoms with Gasteiger partial charge in [0.1, 0.15) is 12.0 Å². The van der Waals surface area contributed by atoms with Gasteiger partial charge in [-0.2, -0.15) is 0 Å². The molecule has 134 valence electrons. The number of fused-ring (bicyclic) bond motifs is 1. The van der Waals surface area contributed by atoms with Crippen LogP contribution in [0, 0.1) is 5.92 Å². The number of hydrogen-bond donors (Lipinski definition) is 2. The maximum absolute atomic E-state index is 12.3. The molecular weight excluding hydrogens is 361 g/mol. The molecule has 0 unspecified atom stereocenters. The topological polar surface area (TPSA) is 130 Å². The summed E-state index contributed by atoms with van der Waals surface area (Å²) in [6.07, 6.45) is -1.63. The van der Waals surface area contributed by atoms with Crippen molar-refractivity contribution in [1.29, 1.82) is 0 Å². The van der Waals surface area contributed by atoms with E-state index in [1.807, 2.05) is 0 Å². The second-order valence-corrected chi connectivity index (χ2v) is 8.19. The Morgan fingerprint density at radius 3 is 2.48 bits per heavy atom. The second kappa shape index (κ2) is 7.83. The molecule has 2 rings (SSSR count). The van der Waals surface area contributed by atoms with Crippen LogP contribution in [0.1, 0.15) is 13.8 Å². The van der Waals surface area contributed by atoms with Gasteiger partial charge in [-0.1, -0.05) is 0 Å². The number of rotatable bonds is 5. The number of thioether (sulfide) groups is 1. The molecule has 2 fully saturated rings. The predicted molar refractivity (Wildman–Crippen MR) is 82.3 cm³/mol. The van der Waals surface area contributed by atoms with Crippen LogP contribution in [0.4, 0.5) is 0 Å². The molecule has 11 heteroatoms. The smallest absolute Gasteiger partial charge is 0.548 e. The summed E-state index contributed by atoms with van der Waals surface area (Å²) in [7, 11) is 2.76. The summed E-state index contributed by atoms with van der Waals surface area (Å²) >= 11 is 1.22. The molecular formula is C14H20N3NaO6S. The van der Waals surface area contributed by atoms with Gasteiger partial charge in [0.15, 0.2) is 0 Å². The van der Waals surface area contributed by atoms with E-state index in [9.17, 15) is 29.4 Å². The monoisotopic (exact) mass is 381 g/mol. The zero-order valence-corrected chi connectivity index (χ0v) is 17.6. The number of likely N-dealkylation sites (N-methyl/N-ethyl adjacent to an activating group) is 2. The molecule has 2 aliphatic heterocycles. The van der Waals surface area contributed by atoms with Gasteiger partial charge >= 0.3 is 29.6 Å². The Hall–Kier alpha value is -0.810. The van der Waals surface area contributed by atoms with Crippen molar-refractivity contribution < 1.29 is 58.9 Å². The molecule has 2 aliphatic rings. The Labute approximate surface area is 171 Å². The molecule has 0 radical (unpaired) electrons. The average molecular weight is 381 g/mol. The number of nitrogens with zero attached hydrogens (tertiary/aromatic N) is 2. The second-order valence-electron chi connectivity index (χ2n) is 6.42. The van der Waals surface area contributed by atoms with Gasteiger partial charge in [0, 0.05) is 18.8 Å². The van der Waals surface area contributed by atoms with Crippen LogP contribution in [-0.4, -0.2) is 81.5 Å². The summed E-state index contributed by atoms with van der Waals surface area (Å²) < 4.78 is -0.787. The molecule has 3 amide bonds. The standard InChI is InChI=1S/C14H21N3O6S.Na/c1-14(2)9(13(22)23)17-10(20)7(12(17)24-14)8(19)11(21)16(4)5-6(18)15-3;/h7-9,12,19H,5H2,1-4H3,(H,15,18)(H,22,23);/q;+1/p-1/t7-,8+,9+,12-;/m1./s1. The molecule has 0 aromatic rings. The Kier molecular flexibility index (Phi) is 6.96. The minimum absolute atomic E-state index is 0. The zero-order chi connectivity index (χ0) is 18.4. The van der Waals surface area contributed by atoms with Crippen LogP contribution >= 0.6 is 11.8 Å². The van der Waals surface area contributed by atoms with Gasteiger partial charge in [-0.05, 0) is 13.8 Å². The average Bonchev–Trinajstić information content (AvgIpc) is 2.74. The quantitative estimate of drug-likeness (QED) is 0.358. The third-order valence-corrected chi connectivity index (χ3v) is 5.93. The van der Waals surface area contributed by atoms with Gasteiger partial charge in [0.2, 0.25) is 11.8 Å². The minimum Gasteiger partial charge on any atom is -0.548 e. The van der Waals surface area contributed by atoms with Crippen molar-refractivity contribution in [3.05, 3.63) is 0 Å². The van der Waals surface area contributed by atoms with Gasteiger partial charge in [-0.25, -0.2) is 0 Å². The molecule has 0 aromatic carbocycles. The summed E-state index contributed by atoms with van der Waals surface area (Å²) in [6.45, 7) is 3.10. The van der Waals surface area contributed by atoms with Crippen molar-refractivity contribution in [2.24, 2.45) is 5.92 Å². The molecule has 0 aliphatic carbocycles. The molecule has 0 aromatic heterocycles. The number of hydrogen-bond acceptors (Lipinski definition) is 7. The largest absolute Gasteiger partial charge is 1.00 e. The Bertz CT molecular complexity index is 601. The van der Waals surface area contributed by atoms with E-state index in [4.69, 9.17) is 0 Å². The third kappa shape index (κ3) is 3.82. The van der Waals surface area contributed by atoms with Crippen LogP contribution < -0.4 is 40.0 Å². The fraction of sp³-hybridized carbons (Fsp3) is 0.714. The molecule has 2 N–H and O–H groups in total. The fourth-order valence-corrected chi connectivity index (χ4v) is 4.78. The summed E-state index contributed by atoms with van der Waals surface area (Å²) in [5, 5.41) is 23.3. The number of amides is 3. The maximum Gasteiger partial charge on any atom is 1.00 e. The van der Waals surface area contributed by atoms with Crippen molar-refractivity contribution in [2.45, 2.75) is 36.1 Å². The zero-order valence-electron chi connectivity index (χ0n) is 14.8. The van der Waals surface area contributed by atoms with E-state index in [1.165, 1.54) is 25.9 Å². The van der Waals surface area contributed by atoms with Gasteiger partial charge in [0.05, 0.1) is 23.9 Å². The Morgan fingerprint density at radius 2 is 2.00 bits per heavy atom. The molecule has 25 heavy (non-hydrogen) atoms. The number of carboxylic acid groups (broad SMARTS) is 1. The van der Waals surface area contributed by atoms with E-state index in [-0.39, 0.29) is 36.1 Å². The number of aliphatic carboxylic acids is 1. The Morgan fingerprint density at radius 1 is 1.44 bits per heavy atom. The number of carbonyl (C=O) groups excluding carboxylic acids is 4. The summed E-state index contributed by atoms with van der Waals surface area (Å²) in [6, 6.07) is -1.11. The number of aliphatic hydroxyl groups excluding tert-OH is 1. The number of β-lactam (4-membered cyclic amide) rings is 1. The summed E-state index contributed by atoms with van der Waals surface area (Å²) in [5.41, 5.74) is 0. The predicted octanol–water partition coefficient (Wildman–Crippen LogP) is -6.02. The van der Waals surface area contributed by atoms with E-state index >= 15 is 0 Å². The molecule has 4 atom stereocenters. The van der Waals surface area contributed by atoms with Crippen LogP contribution in [0.15, 0.2) is 0 Å². The number of carboxylic acids is 1. The van der Waals surface area contributed by atoms with Crippen molar-refractivity contribution in [3.8, 4) is 0 Å². The number of aliphatic hydroxyl groups is 1. The van der Waals surface area contributed by atoms with Crippen LogP contribution in [0.2, 0.25) is 0 Å². The number of carbonyl (C=O) groups is 4. The van der Waals surface area contributed by atoms with Crippen molar-refractivity contribution >= 4 is 35.5 Å². The Balaban J connectivity index is 0.00000312. The van der Waals surface area contributed by atoms with Gasteiger partial charge in [0.25, 0.3) is 5.91 Å². The van der Waals surface area contributed by atoms with E-state index in [0.717, 1.165) is 9.80 Å². The van der Waals surface area contributed by atoms with E-state index in [0.29, 0.717) is 0 Å². The summed E-state index contributed by atoms with van der Waals surface area (Å²) in [5.74, 6) is -4.15. The van der Waals surface area contributed by atoms with Gasteiger partial charge in [-0.15, -0.1) is 11.8 Å². The normalized spacial score (nSPS) is 27.5. The molecule has 0 spiro atoms. The van der Waals surface area contributed by atoms with Crippen molar-refractivity contribution in [1.82, 2.24) is 15.1 Å². The first kappa shape index (κ1) is 22.2. The first-order valence-electron chi connectivity index (χ1n) is 7.37. The fourth-order valence-electron chi connectivity index (χ4n) is 3.07. The first-order valence-corrected chi connectivity index (χ1v) is 8.25. The van der Waals surface area contributed by atoms with Crippen LogP contribution in [0.25, 0.3) is 0 Å². The van der Waals surface area contributed by atoms with E-state index in [2.05, 4.69) is 5.32 Å². The SMILES string of the molecule is CNC(=O)CN(C)C(=O)[C@@H](O)[C@@H]1C(=O)N2[C@@H]1SC(C)(C)[C@@H]2C(=O)[O-].[Na+]. The molecule has 2 saturated heterocycles. The van der Waals surface area contributed by atoms with Crippen LogP contribution in [-0.2, 0) is 19.2 Å². The van der Waals surface area contributed by atoms with Crippen molar-refractivity contribution in [2.75, 3.05) is 20.6 Å². The maximum atomic E-state index is 12.3. The third-order valence-electron chi connectivity index (χ3n) is 4.33. The molecule has 0 bridgehead atoms. The van der Waals surface area contributed by atoms with Crippen LogP contribution in [0.5, 0.6) is 0 Å². The molecule has 2 heterocycles. The summed E-state index contributed by atoms with van der Waals surface area (Å²) in [4.78, 5) is 49.4. The molecule has 9 nitrogen and oxygen atoms in total. The first-order chi connectivity index (χ1) is 11.0. The van der Waals surface area contributed by atoms with Crippen LogP contribution in [0.3, 0.4) is 0 Å². The number of nitrogens with one attached hydrogen (secondary N) is 1. The van der Waals surface area contributed by atoms with Crippen molar-refractivity contribution in [3.63, 3.8) is 0 Å². The molecule has 0 saturated carbocycles. The van der Waals surface area contributed by atoms with E-state index in [1.54, 1.807) is 13.8 Å². The minimum atomic E-state index is -1.63.